The summed E-state index contributed by atoms with van der Waals surface area (Å²) in [5.74, 6) is -0.164. The molecule has 0 saturated heterocycles. The Bertz CT molecular complexity index is 925. The molecular formula is C22H26F3N3O2. The number of alkyl halides is 3. The average molecular weight is 421 g/mol. The van der Waals surface area contributed by atoms with Gasteiger partial charge in [-0.05, 0) is 42.5 Å². The maximum Gasteiger partial charge on any atom is 0.417 e. The van der Waals surface area contributed by atoms with Gasteiger partial charge in [-0.3, -0.25) is 0 Å². The SMILES string of the molecule is C/C=C/C=C(\N)CC(O)(CC(C)(C)c1cc(-c2cncnc2)ccc1O)C(F)(F)F. The van der Waals surface area contributed by atoms with Gasteiger partial charge in [-0.15, -0.1) is 0 Å². The smallest absolute Gasteiger partial charge is 0.417 e. The van der Waals surface area contributed by atoms with Crippen LogP contribution in [-0.2, 0) is 5.41 Å². The molecule has 2 aromatic rings. The number of benzene rings is 1. The van der Waals surface area contributed by atoms with Crippen molar-refractivity contribution in [1.29, 1.82) is 0 Å². The van der Waals surface area contributed by atoms with Crippen LogP contribution in [0.5, 0.6) is 5.75 Å². The summed E-state index contributed by atoms with van der Waals surface area (Å²) in [6, 6.07) is 4.62. The van der Waals surface area contributed by atoms with E-state index < -0.39 is 30.0 Å². The van der Waals surface area contributed by atoms with E-state index >= 15 is 0 Å². The second-order valence-corrected chi connectivity index (χ2v) is 7.89. The fourth-order valence-corrected chi connectivity index (χ4v) is 3.41. The van der Waals surface area contributed by atoms with E-state index in [4.69, 9.17) is 5.73 Å². The predicted molar refractivity (Wildman–Crippen MR) is 109 cm³/mol. The Morgan fingerprint density at radius 1 is 1.13 bits per heavy atom. The van der Waals surface area contributed by atoms with Gasteiger partial charge in [-0.2, -0.15) is 13.2 Å². The first kappa shape index (κ1) is 23.4. The number of nitrogens with two attached hydrogens (primary N) is 1. The van der Waals surface area contributed by atoms with Crippen molar-refractivity contribution in [2.45, 2.75) is 50.8 Å². The van der Waals surface area contributed by atoms with E-state index in [1.165, 1.54) is 38.4 Å². The highest BCUT2D eigenvalue weighted by Gasteiger charge is 2.56. The number of nitrogens with zero attached hydrogens (tertiary/aromatic N) is 2. The third kappa shape index (κ3) is 5.38. The minimum Gasteiger partial charge on any atom is -0.508 e. The lowest BCUT2D eigenvalue weighted by molar-refractivity contribution is -0.266. The quantitative estimate of drug-likeness (QED) is 0.568. The Labute approximate surface area is 173 Å². The zero-order chi connectivity index (χ0) is 22.6. The molecule has 0 spiro atoms. The molecule has 30 heavy (non-hydrogen) atoms. The summed E-state index contributed by atoms with van der Waals surface area (Å²) in [7, 11) is 0. The molecule has 0 amide bonds. The van der Waals surface area contributed by atoms with E-state index in [0.717, 1.165) is 0 Å². The first-order valence-corrected chi connectivity index (χ1v) is 9.35. The standard InChI is InChI=1S/C22H26F3N3O2/c1-4-5-6-17(26)10-21(30,22(23,24)25)13-20(2,3)18-9-15(7-8-19(18)29)16-11-27-14-28-12-16/h4-9,11-12,14,29-30H,10,13,26H2,1-3H3/b5-4+,17-6-. The summed E-state index contributed by atoms with van der Waals surface area (Å²) >= 11 is 0. The lowest BCUT2D eigenvalue weighted by atomic mass is 9.72. The number of aliphatic hydroxyl groups is 1. The number of hydrogen-bond acceptors (Lipinski definition) is 5. The van der Waals surface area contributed by atoms with Crippen molar-refractivity contribution >= 4 is 0 Å². The number of phenolic OH excluding ortho intramolecular Hbond substituents is 1. The second-order valence-electron chi connectivity index (χ2n) is 7.89. The monoisotopic (exact) mass is 421 g/mol. The van der Waals surface area contributed by atoms with Crippen LogP contribution < -0.4 is 5.73 Å². The number of phenols is 1. The fraction of sp³-hybridized carbons (Fsp3) is 0.364. The molecule has 5 nitrogen and oxygen atoms in total. The number of aromatic hydroxyl groups is 1. The Balaban J connectivity index is 2.45. The molecule has 4 N–H and O–H groups in total. The Kier molecular flexibility index (Phi) is 6.92. The van der Waals surface area contributed by atoms with E-state index in [1.54, 1.807) is 37.5 Å². The number of rotatable bonds is 7. The van der Waals surface area contributed by atoms with Crippen LogP contribution in [0, 0.1) is 0 Å². The van der Waals surface area contributed by atoms with Gasteiger partial charge >= 0.3 is 6.18 Å². The van der Waals surface area contributed by atoms with Gasteiger partial charge in [0, 0.05) is 35.6 Å². The molecule has 0 radical (unpaired) electrons. The lowest BCUT2D eigenvalue weighted by Gasteiger charge is -2.38. The first-order valence-electron chi connectivity index (χ1n) is 9.35. The molecule has 2 rings (SSSR count). The molecule has 1 atom stereocenters. The van der Waals surface area contributed by atoms with Gasteiger partial charge in [0.2, 0.25) is 0 Å². The molecular weight excluding hydrogens is 395 g/mol. The van der Waals surface area contributed by atoms with Crippen LogP contribution in [0.3, 0.4) is 0 Å². The van der Waals surface area contributed by atoms with Crippen LogP contribution >= 0.6 is 0 Å². The van der Waals surface area contributed by atoms with Gasteiger partial charge in [0.1, 0.15) is 12.1 Å². The molecule has 0 saturated carbocycles. The fourth-order valence-electron chi connectivity index (χ4n) is 3.41. The topological polar surface area (TPSA) is 92.3 Å². The zero-order valence-corrected chi connectivity index (χ0v) is 17.1. The molecule has 0 aliphatic rings. The molecule has 1 aromatic heterocycles. The zero-order valence-electron chi connectivity index (χ0n) is 17.1. The minimum absolute atomic E-state index is 0.0943. The van der Waals surface area contributed by atoms with Crippen LogP contribution in [0.15, 0.2) is 60.8 Å². The summed E-state index contributed by atoms with van der Waals surface area (Å²) < 4.78 is 41.5. The van der Waals surface area contributed by atoms with Gasteiger partial charge in [-0.25, -0.2) is 9.97 Å². The summed E-state index contributed by atoms with van der Waals surface area (Å²) in [5.41, 5.74) is 2.87. The molecule has 1 aromatic carbocycles. The highest BCUT2D eigenvalue weighted by atomic mass is 19.4. The number of halogens is 3. The van der Waals surface area contributed by atoms with Crippen molar-refractivity contribution in [2.75, 3.05) is 0 Å². The average Bonchev–Trinajstić information content (AvgIpc) is 2.66. The molecule has 162 valence electrons. The van der Waals surface area contributed by atoms with Crippen LogP contribution in [0.2, 0.25) is 0 Å². The summed E-state index contributed by atoms with van der Waals surface area (Å²) in [6.07, 6.45) is 2.56. The maximum atomic E-state index is 13.8. The van der Waals surface area contributed by atoms with Crippen LogP contribution in [0.25, 0.3) is 11.1 Å². The van der Waals surface area contributed by atoms with Gasteiger partial charge < -0.3 is 15.9 Å². The molecule has 0 bridgehead atoms. The first-order chi connectivity index (χ1) is 13.9. The van der Waals surface area contributed by atoms with Crippen molar-refractivity contribution in [1.82, 2.24) is 9.97 Å². The molecule has 0 aliphatic heterocycles. The van der Waals surface area contributed by atoms with Crippen molar-refractivity contribution in [3.8, 4) is 16.9 Å². The Morgan fingerprint density at radius 2 is 1.77 bits per heavy atom. The molecule has 0 aliphatic carbocycles. The third-order valence-electron chi connectivity index (χ3n) is 4.88. The summed E-state index contributed by atoms with van der Waals surface area (Å²) in [6.45, 7) is 4.78. The van der Waals surface area contributed by atoms with Crippen molar-refractivity contribution in [3.63, 3.8) is 0 Å². The second kappa shape index (κ2) is 8.87. The van der Waals surface area contributed by atoms with E-state index in [2.05, 4.69) is 9.97 Å². The van der Waals surface area contributed by atoms with Gasteiger partial charge in [0.05, 0.1) is 0 Å². The van der Waals surface area contributed by atoms with Crippen LogP contribution in [0.1, 0.15) is 39.2 Å². The van der Waals surface area contributed by atoms with Gasteiger partial charge in [-0.1, -0.05) is 32.1 Å². The van der Waals surface area contributed by atoms with Crippen molar-refractivity contribution in [2.24, 2.45) is 5.73 Å². The summed E-state index contributed by atoms with van der Waals surface area (Å²) in [5, 5.41) is 21.0. The maximum absolute atomic E-state index is 13.8. The van der Waals surface area contributed by atoms with Crippen LogP contribution in [-0.4, -0.2) is 32.0 Å². The molecule has 0 fully saturated rings. The Hall–Kier alpha value is -2.87. The molecule has 1 heterocycles. The van der Waals surface area contributed by atoms with Crippen molar-refractivity contribution in [3.05, 3.63) is 66.4 Å². The van der Waals surface area contributed by atoms with E-state index in [0.29, 0.717) is 11.1 Å². The number of hydrogen-bond donors (Lipinski definition) is 3. The molecule has 1 unspecified atom stereocenters. The number of allylic oxidation sites excluding steroid dienone is 3. The molecule has 8 heteroatoms. The third-order valence-corrected chi connectivity index (χ3v) is 4.88. The van der Waals surface area contributed by atoms with Crippen molar-refractivity contribution < 1.29 is 23.4 Å². The highest BCUT2D eigenvalue weighted by molar-refractivity contribution is 5.64. The van der Waals surface area contributed by atoms with Crippen LogP contribution in [0.4, 0.5) is 13.2 Å². The highest BCUT2D eigenvalue weighted by Crippen LogP contribution is 2.46. The normalized spacial score (nSPS) is 15.4. The number of aromatic nitrogens is 2. The van der Waals surface area contributed by atoms with E-state index in [1.807, 2.05) is 0 Å². The van der Waals surface area contributed by atoms with E-state index in [-0.39, 0.29) is 17.0 Å². The van der Waals surface area contributed by atoms with Gasteiger partial charge in [0.15, 0.2) is 5.60 Å². The lowest BCUT2D eigenvalue weighted by Crippen LogP contribution is -2.50. The predicted octanol–water partition coefficient (Wildman–Crippen LogP) is 4.62. The van der Waals surface area contributed by atoms with E-state index in [9.17, 15) is 23.4 Å². The largest absolute Gasteiger partial charge is 0.508 e. The van der Waals surface area contributed by atoms with Gasteiger partial charge in [0.25, 0.3) is 0 Å². The minimum atomic E-state index is -4.92. The Morgan fingerprint density at radius 3 is 2.33 bits per heavy atom. The summed E-state index contributed by atoms with van der Waals surface area (Å²) in [4.78, 5) is 7.87.